The largest absolute Gasteiger partial charge is 0.453 e. The highest BCUT2D eigenvalue weighted by Crippen LogP contribution is 2.35. The van der Waals surface area contributed by atoms with Crippen LogP contribution in [0.5, 0.6) is 0 Å². The van der Waals surface area contributed by atoms with Crippen molar-refractivity contribution in [1.29, 1.82) is 0 Å². The summed E-state index contributed by atoms with van der Waals surface area (Å²) >= 11 is 0. The summed E-state index contributed by atoms with van der Waals surface area (Å²) in [7, 11) is 2.51. The summed E-state index contributed by atoms with van der Waals surface area (Å²) in [4.78, 5) is 76.0. The molecule has 1 aromatic heterocycles. The van der Waals surface area contributed by atoms with Crippen LogP contribution in [0, 0.1) is 17.7 Å². The van der Waals surface area contributed by atoms with Gasteiger partial charge in [0.05, 0.1) is 37.5 Å². The molecule has 0 aliphatic carbocycles. The molecule has 3 aliphatic rings. The second-order valence-electron chi connectivity index (χ2n) is 16.6. The van der Waals surface area contributed by atoms with E-state index in [4.69, 9.17) is 14.5 Å². The number of carbonyl (C=O) groups is 4. The van der Waals surface area contributed by atoms with E-state index in [9.17, 15) is 24.0 Å². The monoisotopic (exact) mass is 934 g/mol. The summed E-state index contributed by atoms with van der Waals surface area (Å²) in [5.41, 5.74) is 6.61. The molecule has 0 bridgehead atoms. The molecule has 64 heavy (non-hydrogen) atoms. The van der Waals surface area contributed by atoms with Crippen molar-refractivity contribution in [2.45, 2.75) is 84.0 Å². The van der Waals surface area contributed by atoms with Gasteiger partial charge < -0.3 is 34.9 Å². The Morgan fingerprint density at radius 1 is 0.703 bits per heavy atom. The van der Waals surface area contributed by atoms with Gasteiger partial charge in [-0.3, -0.25) is 19.4 Å². The molecular weight excluding hydrogens is 876 g/mol. The Morgan fingerprint density at radius 2 is 1.16 bits per heavy atom. The molecule has 17 heteroatoms. The molecule has 0 saturated carbocycles. The lowest BCUT2D eigenvalue weighted by molar-refractivity contribution is -0.135. The maximum absolute atomic E-state index is 15.8. The summed E-state index contributed by atoms with van der Waals surface area (Å²) in [5.74, 6) is -1.76. The van der Waals surface area contributed by atoms with Crippen molar-refractivity contribution in [3.05, 3.63) is 100 Å². The number of amides is 4. The quantitative estimate of drug-likeness (QED) is 0.138. The van der Waals surface area contributed by atoms with Crippen LogP contribution in [0.3, 0.4) is 0 Å². The number of pyridine rings is 1. The fourth-order valence-corrected chi connectivity index (χ4v) is 8.72. The predicted octanol–water partition coefficient (Wildman–Crippen LogP) is 7.94. The Balaban J connectivity index is 0.00000299. The Hall–Kier alpha value is -5.26. The third-order valence-electron chi connectivity index (χ3n) is 12.1. The number of benzene rings is 3. The number of ether oxygens (including phenoxy) is 2. The number of methoxy groups -OCH3 is 2. The average Bonchev–Trinajstić information content (AvgIpc) is 4.07. The molecule has 13 nitrogen and oxygen atoms in total. The van der Waals surface area contributed by atoms with Crippen molar-refractivity contribution in [2.24, 2.45) is 16.8 Å². The van der Waals surface area contributed by atoms with Gasteiger partial charge in [0.25, 0.3) is 0 Å². The number of halogens is 1. The molecule has 4 aromatic rings. The van der Waals surface area contributed by atoms with E-state index in [1.807, 2.05) is 69.1 Å². The van der Waals surface area contributed by atoms with Gasteiger partial charge in [0.15, 0.2) is 5.82 Å². The molecule has 4 atom stereocenters. The van der Waals surface area contributed by atoms with Crippen molar-refractivity contribution >= 4 is 86.7 Å². The minimum atomic E-state index is -0.918. The minimum absolute atomic E-state index is 0. The van der Waals surface area contributed by atoms with Crippen LogP contribution in [0.15, 0.2) is 82.7 Å². The third-order valence-corrected chi connectivity index (χ3v) is 12.1. The Morgan fingerprint density at radius 3 is 1.66 bits per heavy atom. The summed E-state index contributed by atoms with van der Waals surface area (Å²) in [5, 5.41) is 5.52. The van der Waals surface area contributed by atoms with E-state index < -0.39 is 41.6 Å². The SMILES string of the molecule is COC(=O)N[C@H](C(=O)N1CCCC1c1[nH]c2cc(-c3ccc(-c4ccc(C5=CN=C([C@@H]6CCCN6C(=O)[C@@H](NC(=O)OC)C(C)C)C5)cc4)cc3)ccc2c(=O)c1F)C(C)C.S.S.S. The van der Waals surface area contributed by atoms with Gasteiger partial charge in [-0.05, 0) is 83.0 Å². The minimum Gasteiger partial charge on any atom is -0.453 e. The van der Waals surface area contributed by atoms with Gasteiger partial charge in [0, 0.05) is 36.8 Å². The van der Waals surface area contributed by atoms with Gasteiger partial charge in [-0.2, -0.15) is 40.5 Å². The summed E-state index contributed by atoms with van der Waals surface area (Å²) < 4.78 is 25.3. The lowest BCUT2D eigenvalue weighted by Crippen LogP contribution is -2.53. The number of rotatable bonds is 11. The number of likely N-dealkylation sites (tertiary alicyclic amines) is 2. The Bertz CT molecular complexity index is 2460. The first-order chi connectivity index (χ1) is 29.3. The van der Waals surface area contributed by atoms with E-state index in [-0.39, 0.29) is 81.3 Å². The molecular formula is C47H59FN6O7S3. The molecule has 2 fully saturated rings. The third kappa shape index (κ3) is 10.6. The number of aromatic nitrogens is 1. The Kier molecular flexibility index (Phi) is 17.7. The smallest absolute Gasteiger partial charge is 0.407 e. The number of alkyl carbamates (subject to hydrolysis) is 2. The van der Waals surface area contributed by atoms with Crippen LogP contribution in [0.2, 0.25) is 0 Å². The van der Waals surface area contributed by atoms with E-state index in [1.165, 1.54) is 19.1 Å². The van der Waals surface area contributed by atoms with Gasteiger partial charge in [-0.25, -0.2) is 14.0 Å². The molecule has 7 rings (SSSR count). The van der Waals surface area contributed by atoms with Crippen LogP contribution in [-0.4, -0.2) is 89.9 Å². The zero-order valence-corrected chi connectivity index (χ0v) is 39.9. The number of nitrogens with zero attached hydrogens (tertiary/aromatic N) is 3. The average molecular weight is 935 g/mol. The summed E-state index contributed by atoms with van der Waals surface area (Å²) in [6, 6.07) is 19.2. The van der Waals surface area contributed by atoms with Crippen LogP contribution in [0.1, 0.15) is 77.1 Å². The van der Waals surface area contributed by atoms with E-state index in [0.717, 1.165) is 51.9 Å². The van der Waals surface area contributed by atoms with Crippen LogP contribution in [-0.2, 0) is 19.1 Å². The first-order valence-corrected chi connectivity index (χ1v) is 20.9. The molecule has 1 unspecified atom stereocenters. The molecule has 0 spiro atoms. The zero-order valence-electron chi connectivity index (χ0n) is 36.9. The fraction of sp³-hybridized carbons (Fsp3) is 0.404. The maximum Gasteiger partial charge on any atom is 0.407 e. The van der Waals surface area contributed by atoms with Gasteiger partial charge in [-0.15, -0.1) is 0 Å². The number of aliphatic imine (C=N–C) groups is 1. The normalized spacial score (nSPS) is 17.7. The summed E-state index contributed by atoms with van der Waals surface area (Å²) in [6.07, 6.45) is 3.92. The zero-order chi connectivity index (χ0) is 43.5. The first-order valence-electron chi connectivity index (χ1n) is 20.9. The van der Waals surface area contributed by atoms with Gasteiger partial charge in [0.2, 0.25) is 17.2 Å². The highest BCUT2D eigenvalue weighted by atomic mass is 32.1. The molecule has 344 valence electrons. The lowest BCUT2D eigenvalue weighted by atomic mass is 9.95. The second kappa shape index (κ2) is 22.1. The number of fused-ring (bicyclic) bond motifs is 1. The number of H-pyrrole nitrogens is 1. The van der Waals surface area contributed by atoms with Crippen molar-refractivity contribution in [3.8, 4) is 22.3 Å². The molecule has 3 aromatic carbocycles. The highest BCUT2D eigenvalue weighted by Gasteiger charge is 2.40. The Labute approximate surface area is 394 Å². The molecule has 3 aliphatic heterocycles. The van der Waals surface area contributed by atoms with Crippen molar-refractivity contribution < 1.29 is 33.0 Å². The van der Waals surface area contributed by atoms with Gasteiger partial charge in [-0.1, -0.05) is 82.3 Å². The topological polar surface area (TPSA) is 162 Å². The van der Waals surface area contributed by atoms with Crippen molar-refractivity contribution in [3.63, 3.8) is 0 Å². The molecule has 4 heterocycles. The van der Waals surface area contributed by atoms with E-state index in [0.29, 0.717) is 37.9 Å². The van der Waals surface area contributed by atoms with Crippen molar-refractivity contribution in [1.82, 2.24) is 25.4 Å². The number of carbonyl (C=O) groups excluding carboxylic acids is 4. The van der Waals surface area contributed by atoms with Crippen molar-refractivity contribution in [2.75, 3.05) is 27.3 Å². The van der Waals surface area contributed by atoms with Crippen LogP contribution >= 0.6 is 40.5 Å². The maximum atomic E-state index is 15.8. The first kappa shape index (κ1) is 51.4. The molecule has 2 saturated heterocycles. The molecule has 4 amide bonds. The standard InChI is InChI=1S/C47H53FN6O7.3H2S/c1-26(2)40(51-46(58)60-5)44(56)53-21-7-9-37(53)36-24-33(25-49-36)31-17-13-29(14-18-31)28-11-15-30(16-12-28)32-19-20-34-35(23-32)50-42(39(48)43(34)55)38-10-8-22-54(38)45(57)41(27(3)4)52-47(59)61-6;;;/h11-20,23,25-27,37-38,40-41H,7-10,21-22,24H2,1-6H3,(H,50,55)(H,51,58)(H,52,59);3*1H2/t37-,38?,40-,41-;;;/m0.../s1. The number of hydrogen-bond donors (Lipinski definition) is 3. The fourth-order valence-electron chi connectivity index (χ4n) is 8.72. The number of nitrogens with one attached hydrogen (secondary N) is 3. The van der Waals surface area contributed by atoms with E-state index in [1.54, 1.807) is 12.1 Å². The summed E-state index contributed by atoms with van der Waals surface area (Å²) in [6.45, 7) is 8.39. The highest BCUT2D eigenvalue weighted by molar-refractivity contribution is 7.59. The van der Waals surface area contributed by atoms with Crippen LogP contribution < -0.4 is 16.1 Å². The predicted molar refractivity (Wildman–Crippen MR) is 263 cm³/mol. The van der Waals surface area contributed by atoms with E-state index >= 15 is 4.39 Å². The second-order valence-corrected chi connectivity index (χ2v) is 16.6. The number of allylic oxidation sites excluding steroid dienone is 1. The lowest BCUT2D eigenvalue weighted by Gasteiger charge is -2.31. The number of hydrogen-bond acceptors (Lipinski definition) is 8. The van der Waals surface area contributed by atoms with Gasteiger partial charge >= 0.3 is 12.2 Å². The van der Waals surface area contributed by atoms with Crippen LogP contribution in [0.4, 0.5) is 14.0 Å². The van der Waals surface area contributed by atoms with Crippen LogP contribution in [0.25, 0.3) is 38.7 Å². The molecule has 0 radical (unpaired) electrons. The molecule has 3 N–H and O–H groups in total. The van der Waals surface area contributed by atoms with E-state index in [2.05, 4.69) is 39.9 Å². The number of aromatic amines is 1. The van der Waals surface area contributed by atoms with Gasteiger partial charge in [0.1, 0.15) is 12.1 Å².